The number of hydrogen-bond acceptors (Lipinski definition) is 4. The van der Waals surface area contributed by atoms with Crippen molar-refractivity contribution in [3.05, 3.63) is 35.9 Å². The minimum Gasteiger partial charge on any atom is -0.394 e. The number of benzene rings is 1. The van der Waals surface area contributed by atoms with E-state index in [0.717, 1.165) is 32.5 Å². The summed E-state index contributed by atoms with van der Waals surface area (Å²) in [6.45, 7) is 7.01. The molecular formula is C18H29N3O2. The second-order valence-electron chi connectivity index (χ2n) is 6.78. The zero-order chi connectivity index (χ0) is 16.7. The standard InChI is InChI=1S/C18H29N3O2/c1-15(2)20-17(23)12-19-18(14-22)8-10-21(11-9-18)13-16-6-4-3-5-7-16/h3-7,15,19,22H,8-14H2,1-2H3,(H,20,23). The lowest BCUT2D eigenvalue weighted by Crippen LogP contribution is -2.57. The molecule has 5 nitrogen and oxygen atoms in total. The molecule has 0 bridgehead atoms. The van der Waals surface area contributed by atoms with Gasteiger partial charge < -0.3 is 15.7 Å². The van der Waals surface area contributed by atoms with Gasteiger partial charge in [-0.15, -0.1) is 0 Å². The van der Waals surface area contributed by atoms with Gasteiger partial charge in [0.2, 0.25) is 5.91 Å². The molecule has 0 atom stereocenters. The van der Waals surface area contributed by atoms with Gasteiger partial charge >= 0.3 is 0 Å². The second kappa shape index (κ2) is 8.43. The lowest BCUT2D eigenvalue weighted by Gasteiger charge is -2.41. The molecule has 0 unspecified atom stereocenters. The van der Waals surface area contributed by atoms with Crippen LogP contribution in [0, 0.1) is 0 Å². The van der Waals surface area contributed by atoms with Crippen molar-refractivity contribution in [2.24, 2.45) is 0 Å². The number of carbonyl (C=O) groups is 1. The highest BCUT2D eigenvalue weighted by Gasteiger charge is 2.34. The first-order chi connectivity index (χ1) is 11.0. The van der Waals surface area contributed by atoms with Gasteiger partial charge in [-0.05, 0) is 32.3 Å². The van der Waals surface area contributed by atoms with Crippen LogP contribution in [0.4, 0.5) is 0 Å². The van der Waals surface area contributed by atoms with E-state index in [1.54, 1.807) is 0 Å². The number of nitrogens with one attached hydrogen (secondary N) is 2. The maximum atomic E-state index is 11.8. The topological polar surface area (TPSA) is 64.6 Å². The molecule has 0 radical (unpaired) electrons. The average Bonchev–Trinajstić information content (AvgIpc) is 2.55. The number of hydrogen-bond donors (Lipinski definition) is 3. The number of aliphatic hydroxyl groups is 1. The summed E-state index contributed by atoms with van der Waals surface area (Å²) in [5, 5.41) is 16.0. The third-order valence-electron chi connectivity index (χ3n) is 4.44. The summed E-state index contributed by atoms with van der Waals surface area (Å²) < 4.78 is 0. The molecule has 5 heteroatoms. The number of rotatable bonds is 7. The van der Waals surface area contributed by atoms with Gasteiger partial charge in [0.1, 0.15) is 0 Å². The molecule has 0 spiro atoms. The molecule has 1 saturated heterocycles. The summed E-state index contributed by atoms with van der Waals surface area (Å²) in [5.74, 6) is -0.0143. The fraction of sp³-hybridized carbons (Fsp3) is 0.611. The average molecular weight is 319 g/mol. The Labute approximate surface area is 139 Å². The summed E-state index contributed by atoms with van der Waals surface area (Å²) in [7, 11) is 0. The van der Waals surface area contributed by atoms with Gasteiger partial charge in [0.05, 0.1) is 13.2 Å². The van der Waals surface area contributed by atoms with E-state index in [1.165, 1.54) is 5.56 Å². The molecule has 1 fully saturated rings. The maximum absolute atomic E-state index is 11.8. The molecule has 1 amide bonds. The number of amides is 1. The highest BCUT2D eigenvalue weighted by molar-refractivity contribution is 5.78. The molecule has 1 heterocycles. The van der Waals surface area contributed by atoms with Crippen LogP contribution < -0.4 is 10.6 Å². The Balaban J connectivity index is 1.81. The van der Waals surface area contributed by atoms with Crippen molar-refractivity contribution < 1.29 is 9.90 Å². The van der Waals surface area contributed by atoms with Crippen LogP contribution in [0.5, 0.6) is 0 Å². The van der Waals surface area contributed by atoms with E-state index in [-0.39, 0.29) is 30.6 Å². The molecule has 1 aliphatic heterocycles. The summed E-state index contributed by atoms with van der Waals surface area (Å²) in [5.41, 5.74) is 0.981. The highest BCUT2D eigenvalue weighted by atomic mass is 16.3. The Morgan fingerprint density at radius 2 is 1.91 bits per heavy atom. The fourth-order valence-electron chi connectivity index (χ4n) is 3.01. The molecule has 3 N–H and O–H groups in total. The predicted octanol–water partition coefficient (Wildman–Crippen LogP) is 1.13. The summed E-state index contributed by atoms with van der Waals surface area (Å²) in [4.78, 5) is 14.2. The van der Waals surface area contributed by atoms with Crippen molar-refractivity contribution in [3.63, 3.8) is 0 Å². The predicted molar refractivity (Wildman–Crippen MR) is 92.1 cm³/mol. The van der Waals surface area contributed by atoms with E-state index < -0.39 is 0 Å². The van der Waals surface area contributed by atoms with Gasteiger partial charge in [-0.2, -0.15) is 0 Å². The van der Waals surface area contributed by atoms with Crippen molar-refractivity contribution >= 4 is 5.91 Å². The van der Waals surface area contributed by atoms with Gasteiger partial charge in [0.25, 0.3) is 0 Å². The van der Waals surface area contributed by atoms with Crippen LogP contribution in [-0.4, -0.2) is 53.7 Å². The van der Waals surface area contributed by atoms with Crippen molar-refractivity contribution in [1.29, 1.82) is 0 Å². The zero-order valence-electron chi connectivity index (χ0n) is 14.2. The molecule has 1 aromatic carbocycles. The first kappa shape index (κ1) is 17.9. The molecule has 1 aromatic rings. The smallest absolute Gasteiger partial charge is 0.234 e. The quantitative estimate of drug-likeness (QED) is 0.705. The van der Waals surface area contributed by atoms with Crippen LogP contribution in [0.3, 0.4) is 0 Å². The van der Waals surface area contributed by atoms with Crippen molar-refractivity contribution in [2.45, 2.75) is 44.8 Å². The van der Waals surface area contributed by atoms with E-state index in [1.807, 2.05) is 19.9 Å². The van der Waals surface area contributed by atoms with Crippen LogP contribution in [0.15, 0.2) is 30.3 Å². The van der Waals surface area contributed by atoms with Gasteiger partial charge in [-0.25, -0.2) is 0 Å². The molecule has 23 heavy (non-hydrogen) atoms. The first-order valence-electron chi connectivity index (χ1n) is 8.44. The van der Waals surface area contributed by atoms with Crippen LogP contribution >= 0.6 is 0 Å². The van der Waals surface area contributed by atoms with E-state index in [0.29, 0.717) is 0 Å². The van der Waals surface area contributed by atoms with Crippen LogP contribution in [0.1, 0.15) is 32.3 Å². The first-order valence-corrected chi connectivity index (χ1v) is 8.44. The van der Waals surface area contributed by atoms with E-state index in [4.69, 9.17) is 0 Å². The lowest BCUT2D eigenvalue weighted by atomic mass is 9.88. The zero-order valence-corrected chi connectivity index (χ0v) is 14.2. The molecule has 0 aromatic heterocycles. The maximum Gasteiger partial charge on any atom is 0.234 e. The van der Waals surface area contributed by atoms with E-state index >= 15 is 0 Å². The molecular weight excluding hydrogens is 290 g/mol. The van der Waals surface area contributed by atoms with Crippen molar-refractivity contribution in [1.82, 2.24) is 15.5 Å². The number of likely N-dealkylation sites (tertiary alicyclic amines) is 1. The highest BCUT2D eigenvalue weighted by Crippen LogP contribution is 2.23. The SMILES string of the molecule is CC(C)NC(=O)CNC1(CO)CCN(Cc2ccccc2)CC1. The van der Waals surface area contributed by atoms with E-state index in [9.17, 15) is 9.90 Å². The number of nitrogens with zero attached hydrogens (tertiary/aromatic N) is 1. The van der Waals surface area contributed by atoms with E-state index in [2.05, 4.69) is 39.8 Å². The van der Waals surface area contributed by atoms with Gasteiger partial charge in [0, 0.05) is 31.2 Å². The largest absolute Gasteiger partial charge is 0.394 e. The number of carbonyl (C=O) groups excluding carboxylic acids is 1. The van der Waals surface area contributed by atoms with Crippen LogP contribution in [0.25, 0.3) is 0 Å². The number of piperidine rings is 1. The van der Waals surface area contributed by atoms with Crippen LogP contribution in [0.2, 0.25) is 0 Å². The lowest BCUT2D eigenvalue weighted by molar-refractivity contribution is -0.121. The Hall–Kier alpha value is -1.43. The Morgan fingerprint density at radius 1 is 1.26 bits per heavy atom. The number of aliphatic hydroxyl groups excluding tert-OH is 1. The monoisotopic (exact) mass is 319 g/mol. The van der Waals surface area contributed by atoms with Gasteiger partial charge in [-0.1, -0.05) is 30.3 Å². The third kappa shape index (κ3) is 5.61. The Kier molecular flexibility index (Phi) is 6.57. The summed E-state index contributed by atoms with van der Waals surface area (Å²) in [6, 6.07) is 10.6. The normalized spacial score (nSPS) is 18.1. The summed E-state index contributed by atoms with van der Waals surface area (Å²) >= 11 is 0. The summed E-state index contributed by atoms with van der Waals surface area (Å²) in [6.07, 6.45) is 1.70. The molecule has 0 saturated carbocycles. The third-order valence-corrected chi connectivity index (χ3v) is 4.44. The fourth-order valence-corrected chi connectivity index (χ4v) is 3.01. The molecule has 1 aliphatic rings. The van der Waals surface area contributed by atoms with Crippen molar-refractivity contribution in [2.75, 3.05) is 26.2 Å². The second-order valence-corrected chi connectivity index (χ2v) is 6.78. The van der Waals surface area contributed by atoms with Gasteiger partial charge in [0.15, 0.2) is 0 Å². The van der Waals surface area contributed by atoms with Crippen molar-refractivity contribution in [3.8, 4) is 0 Å². The minimum atomic E-state index is -0.332. The molecule has 128 valence electrons. The minimum absolute atomic E-state index is 0.0143. The Bertz CT molecular complexity index is 482. The Morgan fingerprint density at radius 3 is 2.48 bits per heavy atom. The molecule has 2 rings (SSSR count). The molecule has 0 aliphatic carbocycles. The van der Waals surface area contributed by atoms with Gasteiger partial charge in [-0.3, -0.25) is 9.69 Å². The van der Waals surface area contributed by atoms with Crippen LogP contribution in [-0.2, 0) is 11.3 Å².